The molecule has 208 valence electrons. The van der Waals surface area contributed by atoms with E-state index in [2.05, 4.69) is 40.8 Å². The molecule has 2 atom stereocenters. The molecule has 2 N–H and O–H groups in total. The zero-order valence-corrected chi connectivity index (χ0v) is 24.1. The summed E-state index contributed by atoms with van der Waals surface area (Å²) >= 11 is 0. The normalized spacial score (nSPS) is 14.9. The third kappa shape index (κ3) is 16.5. The van der Waals surface area contributed by atoms with Crippen molar-refractivity contribution in [2.75, 3.05) is 6.61 Å². The maximum atomic E-state index is 12.8. The highest BCUT2D eigenvalue weighted by Crippen LogP contribution is 2.36. The van der Waals surface area contributed by atoms with Crippen LogP contribution in [0.4, 0.5) is 13.2 Å². The predicted molar refractivity (Wildman–Crippen MR) is 142 cm³/mol. The third-order valence-electron chi connectivity index (χ3n) is 6.99. The van der Waals surface area contributed by atoms with Gasteiger partial charge in [-0.25, -0.2) is 0 Å². The Kier molecular flexibility index (Phi) is 17.1. The van der Waals surface area contributed by atoms with Crippen molar-refractivity contribution in [3.8, 4) is 0 Å². The predicted octanol–water partition coefficient (Wildman–Crippen LogP) is 8.06. The van der Waals surface area contributed by atoms with Crippen LogP contribution in [0.5, 0.6) is 0 Å². The Morgan fingerprint density at radius 1 is 0.943 bits per heavy atom. The van der Waals surface area contributed by atoms with Crippen LogP contribution in [0.1, 0.15) is 111 Å². The average Bonchev–Trinajstić information content (AvgIpc) is 2.74. The van der Waals surface area contributed by atoms with Gasteiger partial charge in [-0.2, -0.15) is 13.2 Å². The quantitative estimate of drug-likeness (QED) is 0.102. The first-order valence-electron chi connectivity index (χ1n) is 13.6. The number of carbonyl (C=O) groups is 1. The standard InChI is InChI=1S/C27H52F3NO3Si/c1-7-8-9-10-11-12-13-14-15-16-17-18-19-20-24(32)23(31-25(33)27(28,29)30)21-22-34-35(5,6)26(2,3)4/h19-20,23-24,32H,7-18,21-22H2,1-6H3,(H,31,33)/b20-19+/t23-,24+/m0/s1. The molecule has 0 aliphatic heterocycles. The van der Waals surface area contributed by atoms with Crippen LogP contribution < -0.4 is 5.32 Å². The van der Waals surface area contributed by atoms with E-state index in [0.29, 0.717) is 0 Å². The summed E-state index contributed by atoms with van der Waals surface area (Å²) in [4.78, 5) is 11.5. The van der Waals surface area contributed by atoms with Crippen LogP contribution in [-0.4, -0.2) is 44.3 Å². The Balaban J connectivity index is 4.43. The lowest BCUT2D eigenvalue weighted by atomic mass is 10.0. The first kappa shape index (κ1) is 34.1. The molecule has 0 aromatic rings. The lowest BCUT2D eigenvalue weighted by Gasteiger charge is -2.36. The smallest absolute Gasteiger partial charge is 0.417 e. The van der Waals surface area contributed by atoms with E-state index in [4.69, 9.17) is 4.43 Å². The molecule has 0 fully saturated rings. The van der Waals surface area contributed by atoms with Gasteiger partial charge in [0, 0.05) is 6.61 Å². The molecule has 1 amide bonds. The molecule has 0 bridgehead atoms. The zero-order valence-electron chi connectivity index (χ0n) is 23.1. The Bertz CT molecular complexity index is 589. The number of carbonyl (C=O) groups excluding carboxylic acids is 1. The minimum absolute atomic E-state index is 0.0368. The van der Waals surface area contributed by atoms with Crippen molar-refractivity contribution < 1.29 is 27.5 Å². The van der Waals surface area contributed by atoms with Gasteiger partial charge in [-0.05, 0) is 37.4 Å². The summed E-state index contributed by atoms with van der Waals surface area (Å²) in [6.45, 7) is 12.8. The third-order valence-corrected chi connectivity index (χ3v) is 11.5. The molecule has 0 aliphatic carbocycles. The second-order valence-corrected chi connectivity index (χ2v) is 16.0. The summed E-state index contributed by atoms with van der Waals surface area (Å²) in [5.74, 6) is -2.03. The van der Waals surface area contributed by atoms with Crippen LogP contribution in [0.25, 0.3) is 0 Å². The zero-order chi connectivity index (χ0) is 27.0. The highest BCUT2D eigenvalue weighted by Gasteiger charge is 2.41. The summed E-state index contributed by atoms with van der Waals surface area (Å²) in [5, 5.41) is 12.4. The van der Waals surface area contributed by atoms with Gasteiger partial charge < -0.3 is 14.8 Å². The molecule has 0 heterocycles. The minimum Gasteiger partial charge on any atom is -0.417 e. The van der Waals surface area contributed by atoms with Gasteiger partial charge in [0.1, 0.15) is 0 Å². The first-order valence-corrected chi connectivity index (χ1v) is 16.5. The number of nitrogens with one attached hydrogen (secondary N) is 1. The number of rotatable bonds is 19. The van der Waals surface area contributed by atoms with Crippen LogP contribution in [-0.2, 0) is 9.22 Å². The average molecular weight is 524 g/mol. The van der Waals surface area contributed by atoms with Crippen molar-refractivity contribution in [1.29, 1.82) is 0 Å². The lowest BCUT2D eigenvalue weighted by molar-refractivity contribution is -0.175. The molecule has 8 heteroatoms. The molecule has 0 saturated carbocycles. The van der Waals surface area contributed by atoms with E-state index >= 15 is 0 Å². The van der Waals surface area contributed by atoms with Gasteiger partial charge in [0.05, 0.1) is 12.1 Å². The molecular weight excluding hydrogens is 471 g/mol. The number of hydrogen-bond donors (Lipinski definition) is 2. The van der Waals surface area contributed by atoms with Crippen LogP contribution in [0.2, 0.25) is 18.1 Å². The summed E-state index contributed by atoms with van der Waals surface area (Å²) < 4.78 is 44.4. The number of hydrogen-bond acceptors (Lipinski definition) is 3. The van der Waals surface area contributed by atoms with E-state index in [1.165, 1.54) is 63.9 Å². The number of aliphatic hydroxyl groups is 1. The van der Waals surface area contributed by atoms with E-state index < -0.39 is 32.5 Å². The van der Waals surface area contributed by atoms with Crippen molar-refractivity contribution in [2.45, 2.75) is 148 Å². The minimum atomic E-state index is -4.99. The molecular formula is C27H52F3NO3Si. The number of halogens is 3. The van der Waals surface area contributed by atoms with E-state index in [9.17, 15) is 23.1 Å². The monoisotopic (exact) mass is 523 g/mol. The van der Waals surface area contributed by atoms with Crippen molar-refractivity contribution in [3.05, 3.63) is 12.2 Å². The van der Waals surface area contributed by atoms with Crippen molar-refractivity contribution in [2.24, 2.45) is 0 Å². The number of alkyl halides is 3. The maximum absolute atomic E-state index is 12.8. The molecule has 0 unspecified atom stereocenters. The molecule has 0 spiro atoms. The second kappa shape index (κ2) is 17.6. The van der Waals surface area contributed by atoms with E-state index in [0.717, 1.165) is 19.3 Å². The van der Waals surface area contributed by atoms with E-state index in [1.807, 2.05) is 5.32 Å². The molecule has 0 radical (unpaired) electrons. The van der Waals surface area contributed by atoms with Crippen LogP contribution in [0.15, 0.2) is 12.2 Å². The van der Waals surface area contributed by atoms with E-state index in [1.54, 1.807) is 6.08 Å². The molecule has 0 rings (SSSR count). The maximum Gasteiger partial charge on any atom is 0.471 e. The Morgan fingerprint density at radius 2 is 1.43 bits per heavy atom. The lowest BCUT2D eigenvalue weighted by Crippen LogP contribution is -2.49. The van der Waals surface area contributed by atoms with Crippen LogP contribution in [0.3, 0.4) is 0 Å². The fourth-order valence-electron chi connectivity index (χ4n) is 3.53. The molecule has 0 saturated heterocycles. The van der Waals surface area contributed by atoms with Gasteiger partial charge in [-0.1, -0.05) is 104 Å². The van der Waals surface area contributed by atoms with E-state index in [-0.39, 0.29) is 18.1 Å². The van der Waals surface area contributed by atoms with Crippen molar-refractivity contribution in [3.63, 3.8) is 0 Å². The number of allylic oxidation sites excluding steroid dienone is 1. The fourth-order valence-corrected chi connectivity index (χ4v) is 4.59. The van der Waals surface area contributed by atoms with Gasteiger partial charge in [0.15, 0.2) is 8.32 Å². The highest BCUT2D eigenvalue weighted by atomic mass is 28.4. The van der Waals surface area contributed by atoms with Crippen LogP contribution in [0, 0.1) is 0 Å². The molecule has 0 aromatic heterocycles. The number of aliphatic hydroxyl groups excluding tert-OH is 1. The van der Waals surface area contributed by atoms with Gasteiger partial charge >= 0.3 is 12.1 Å². The summed E-state index contributed by atoms with van der Waals surface area (Å²) in [7, 11) is -2.08. The summed E-state index contributed by atoms with van der Waals surface area (Å²) in [6.07, 6.45) is 11.7. The van der Waals surface area contributed by atoms with Gasteiger partial charge in [0.25, 0.3) is 0 Å². The Morgan fingerprint density at radius 3 is 1.89 bits per heavy atom. The highest BCUT2D eigenvalue weighted by molar-refractivity contribution is 6.74. The Hall–Kier alpha value is -0.863. The van der Waals surface area contributed by atoms with Crippen molar-refractivity contribution >= 4 is 14.2 Å². The number of unbranched alkanes of at least 4 members (excludes halogenated alkanes) is 11. The molecule has 0 aliphatic rings. The van der Waals surface area contributed by atoms with Crippen LogP contribution >= 0.6 is 0 Å². The summed E-state index contributed by atoms with van der Waals surface area (Å²) in [6, 6.07) is -1.05. The first-order chi connectivity index (χ1) is 16.2. The summed E-state index contributed by atoms with van der Waals surface area (Å²) in [5.41, 5.74) is 0. The topological polar surface area (TPSA) is 58.6 Å². The second-order valence-electron chi connectivity index (χ2n) is 11.2. The largest absolute Gasteiger partial charge is 0.471 e. The molecule has 4 nitrogen and oxygen atoms in total. The van der Waals surface area contributed by atoms with Gasteiger partial charge in [-0.3, -0.25) is 4.79 Å². The van der Waals surface area contributed by atoms with Crippen molar-refractivity contribution in [1.82, 2.24) is 5.32 Å². The SMILES string of the molecule is CCCCCCCCCCCCC/C=C/[C@@H](O)[C@H](CCO[Si](C)(C)C(C)(C)C)NC(=O)C(F)(F)F. The molecule has 35 heavy (non-hydrogen) atoms. The Labute approximate surface area is 213 Å². The fraction of sp³-hybridized carbons (Fsp3) is 0.889. The van der Waals surface area contributed by atoms with Gasteiger partial charge in [0.2, 0.25) is 0 Å². The molecule has 0 aromatic carbocycles. The number of amides is 1. The van der Waals surface area contributed by atoms with Gasteiger partial charge in [-0.15, -0.1) is 0 Å².